The average Bonchev–Trinajstić information content (AvgIpc) is 3.55. The van der Waals surface area contributed by atoms with Crippen molar-refractivity contribution in [1.82, 2.24) is 14.7 Å². The van der Waals surface area contributed by atoms with E-state index < -0.39 is 11.9 Å². The fourth-order valence-electron chi connectivity index (χ4n) is 4.80. The van der Waals surface area contributed by atoms with Crippen LogP contribution in [0.1, 0.15) is 41.8 Å². The van der Waals surface area contributed by atoms with Gasteiger partial charge in [0, 0.05) is 23.5 Å². The van der Waals surface area contributed by atoms with Gasteiger partial charge in [-0.3, -0.25) is 9.59 Å². The zero-order valence-electron chi connectivity index (χ0n) is 20.1. The van der Waals surface area contributed by atoms with Gasteiger partial charge in [0.1, 0.15) is 17.9 Å². The Morgan fingerprint density at radius 1 is 1.06 bits per heavy atom. The summed E-state index contributed by atoms with van der Waals surface area (Å²) in [5.74, 6) is 0.0310. The fourth-order valence-corrected chi connectivity index (χ4v) is 4.80. The Morgan fingerprint density at radius 2 is 1.86 bits per heavy atom. The number of hydrogen-bond donors (Lipinski definition) is 2. The Hall–Kier alpha value is -4.17. The first kappa shape index (κ1) is 23.6. The number of nitrogens with zero attached hydrogens (tertiary/aromatic N) is 3. The molecule has 0 spiro atoms. The Balaban J connectivity index is 1.41. The maximum Gasteiger partial charge on any atom is 0.254 e. The van der Waals surface area contributed by atoms with E-state index in [1.165, 1.54) is 0 Å². The Labute approximate surface area is 209 Å². The zero-order chi connectivity index (χ0) is 25.2. The summed E-state index contributed by atoms with van der Waals surface area (Å²) in [6.45, 7) is 2.45. The molecule has 1 aliphatic heterocycles. The van der Waals surface area contributed by atoms with Crippen molar-refractivity contribution in [2.45, 2.75) is 38.0 Å². The molecule has 2 heterocycles. The third-order valence-corrected chi connectivity index (χ3v) is 6.59. The molecule has 0 bridgehead atoms. The van der Waals surface area contributed by atoms with E-state index in [1.54, 1.807) is 27.9 Å². The van der Waals surface area contributed by atoms with E-state index in [0.717, 1.165) is 28.6 Å². The maximum absolute atomic E-state index is 13.1. The zero-order valence-corrected chi connectivity index (χ0v) is 20.1. The summed E-state index contributed by atoms with van der Waals surface area (Å²) in [7, 11) is 0. The molecule has 0 unspecified atom stereocenters. The summed E-state index contributed by atoms with van der Waals surface area (Å²) < 4.78 is 8.06. The minimum atomic E-state index is -0.555. The highest BCUT2D eigenvalue weighted by atomic mass is 16.5. The highest BCUT2D eigenvalue weighted by Crippen LogP contribution is 2.29. The molecule has 8 nitrogen and oxygen atoms in total. The van der Waals surface area contributed by atoms with E-state index in [9.17, 15) is 9.59 Å². The number of fused-ring (bicyclic) bond motifs is 1. The molecule has 0 aliphatic carbocycles. The van der Waals surface area contributed by atoms with Crippen molar-refractivity contribution in [3.05, 3.63) is 90.1 Å². The van der Waals surface area contributed by atoms with Gasteiger partial charge in [0.2, 0.25) is 5.91 Å². The van der Waals surface area contributed by atoms with Crippen LogP contribution in [0.25, 0.3) is 16.6 Å². The second kappa shape index (κ2) is 9.83. The van der Waals surface area contributed by atoms with Gasteiger partial charge < -0.3 is 21.1 Å². The quantitative estimate of drug-likeness (QED) is 0.417. The molecule has 5 rings (SSSR count). The predicted octanol–water partition coefficient (Wildman–Crippen LogP) is 3.58. The molecule has 36 heavy (non-hydrogen) atoms. The molecule has 184 valence electrons. The Morgan fingerprint density at radius 3 is 2.61 bits per heavy atom. The Kier molecular flexibility index (Phi) is 6.43. The van der Waals surface area contributed by atoms with E-state index in [1.807, 2.05) is 67.6 Å². The van der Waals surface area contributed by atoms with Crippen molar-refractivity contribution in [2.75, 3.05) is 6.54 Å². The van der Waals surface area contributed by atoms with Gasteiger partial charge in [-0.2, -0.15) is 5.10 Å². The number of primary amides is 1. The second-order valence-corrected chi connectivity index (χ2v) is 9.19. The lowest BCUT2D eigenvalue weighted by Gasteiger charge is -2.23. The van der Waals surface area contributed by atoms with Gasteiger partial charge in [0.05, 0.1) is 17.4 Å². The number of likely N-dealkylation sites (tertiary alicyclic amines) is 1. The van der Waals surface area contributed by atoms with Crippen molar-refractivity contribution < 1.29 is 14.3 Å². The number of nitrogens with two attached hydrogens (primary N) is 2. The third kappa shape index (κ3) is 4.55. The molecule has 4 aromatic rings. The molecule has 1 aliphatic rings. The SMILES string of the molecule is C[C@@H](N)[C@H](Oc1ccc2c(cnn2-c2cccc(C(=O)N3CCC[C@@H]3C(N)=O)c2)c1)c1ccccc1. The van der Waals surface area contributed by atoms with Crippen LogP contribution in [0.4, 0.5) is 0 Å². The van der Waals surface area contributed by atoms with Crippen molar-refractivity contribution in [2.24, 2.45) is 11.5 Å². The van der Waals surface area contributed by atoms with Gasteiger partial charge in [0.15, 0.2) is 0 Å². The maximum atomic E-state index is 13.1. The van der Waals surface area contributed by atoms with Crippen LogP contribution in [0.15, 0.2) is 79.0 Å². The van der Waals surface area contributed by atoms with Crippen LogP contribution in [-0.2, 0) is 4.79 Å². The number of benzene rings is 3. The van der Waals surface area contributed by atoms with Crippen molar-refractivity contribution in [3.8, 4) is 11.4 Å². The molecule has 4 N–H and O–H groups in total. The van der Waals surface area contributed by atoms with Gasteiger partial charge in [-0.05, 0) is 61.7 Å². The smallest absolute Gasteiger partial charge is 0.254 e. The normalized spacial score (nSPS) is 17.2. The Bertz CT molecular complexity index is 1400. The van der Waals surface area contributed by atoms with Gasteiger partial charge in [-0.1, -0.05) is 36.4 Å². The third-order valence-electron chi connectivity index (χ3n) is 6.59. The van der Waals surface area contributed by atoms with Gasteiger partial charge in [-0.25, -0.2) is 4.68 Å². The highest BCUT2D eigenvalue weighted by Gasteiger charge is 2.33. The highest BCUT2D eigenvalue weighted by molar-refractivity contribution is 5.98. The van der Waals surface area contributed by atoms with E-state index >= 15 is 0 Å². The van der Waals surface area contributed by atoms with Gasteiger partial charge in [0.25, 0.3) is 5.91 Å². The van der Waals surface area contributed by atoms with Gasteiger partial charge >= 0.3 is 0 Å². The van der Waals surface area contributed by atoms with Crippen molar-refractivity contribution in [3.63, 3.8) is 0 Å². The molecule has 3 atom stereocenters. The number of hydrogen-bond acceptors (Lipinski definition) is 5. The minimum absolute atomic E-state index is 0.198. The first-order valence-corrected chi connectivity index (χ1v) is 12.1. The van der Waals surface area contributed by atoms with Crippen LogP contribution in [-0.4, -0.2) is 45.1 Å². The van der Waals surface area contributed by atoms with E-state index in [2.05, 4.69) is 5.10 Å². The van der Waals surface area contributed by atoms with Crippen LogP contribution in [0.3, 0.4) is 0 Å². The first-order chi connectivity index (χ1) is 17.4. The average molecular weight is 484 g/mol. The van der Waals surface area contributed by atoms with Crippen LogP contribution in [0.5, 0.6) is 5.75 Å². The largest absolute Gasteiger partial charge is 0.484 e. The summed E-state index contributed by atoms with van der Waals surface area (Å²) in [5, 5.41) is 5.45. The molecule has 8 heteroatoms. The first-order valence-electron chi connectivity index (χ1n) is 12.1. The molecule has 0 saturated carbocycles. The molecular formula is C28H29N5O3. The summed E-state index contributed by atoms with van der Waals surface area (Å²) in [4.78, 5) is 26.4. The number of ether oxygens (including phenoxy) is 1. The lowest BCUT2D eigenvalue weighted by atomic mass is 10.0. The van der Waals surface area contributed by atoms with Crippen LogP contribution in [0, 0.1) is 0 Å². The summed E-state index contributed by atoms with van der Waals surface area (Å²) in [5.41, 5.74) is 14.9. The summed E-state index contributed by atoms with van der Waals surface area (Å²) in [6.07, 6.45) is 2.85. The topological polar surface area (TPSA) is 116 Å². The van der Waals surface area contributed by atoms with E-state index in [0.29, 0.717) is 24.3 Å². The standard InChI is InChI=1S/C28H29N5O3/c1-18(29)26(19-7-3-2-4-8-19)36-23-12-13-24-21(16-23)17-31-33(24)22-10-5-9-20(15-22)28(35)32-14-6-11-25(32)27(30)34/h2-5,7-10,12-13,15-18,25-26H,6,11,14,29H2,1H3,(H2,30,34)/t18-,25-,26+/m1/s1. The molecule has 3 aromatic carbocycles. The van der Waals surface area contributed by atoms with E-state index in [4.69, 9.17) is 16.2 Å². The summed E-state index contributed by atoms with van der Waals surface area (Å²) >= 11 is 0. The molecular weight excluding hydrogens is 454 g/mol. The van der Waals surface area contributed by atoms with Gasteiger partial charge in [-0.15, -0.1) is 0 Å². The van der Waals surface area contributed by atoms with Crippen molar-refractivity contribution in [1.29, 1.82) is 0 Å². The monoisotopic (exact) mass is 483 g/mol. The molecule has 1 saturated heterocycles. The number of carbonyl (C=O) groups excluding carboxylic acids is 2. The predicted molar refractivity (Wildman–Crippen MR) is 138 cm³/mol. The van der Waals surface area contributed by atoms with E-state index in [-0.39, 0.29) is 18.1 Å². The van der Waals surface area contributed by atoms with Crippen LogP contribution in [0.2, 0.25) is 0 Å². The summed E-state index contributed by atoms with van der Waals surface area (Å²) in [6, 6.07) is 22.2. The number of carbonyl (C=O) groups is 2. The molecule has 2 amide bonds. The fraction of sp³-hybridized carbons (Fsp3) is 0.250. The number of rotatable bonds is 7. The molecule has 1 fully saturated rings. The van der Waals surface area contributed by atoms with Crippen LogP contribution >= 0.6 is 0 Å². The molecule has 0 radical (unpaired) electrons. The number of amides is 2. The van der Waals surface area contributed by atoms with Crippen LogP contribution < -0.4 is 16.2 Å². The van der Waals surface area contributed by atoms with Crippen molar-refractivity contribution >= 4 is 22.7 Å². The molecule has 1 aromatic heterocycles. The minimum Gasteiger partial charge on any atom is -0.484 e. The lowest BCUT2D eigenvalue weighted by Crippen LogP contribution is -2.43. The second-order valence-electron chi connectivity index (χ2n) is 9.19. The number of aromatic nitrogens is 2. The lowest BCUT2D eigenvalue weighted by molar-refractivity contribution is -0.121.